The molecule has 2 aromatic rings. The van der Waals surface area contributed by atoms with Gasteiger partial charge in [0.15, 0.2) is 0 Å². The molecule has 2 aromatic carbocycles. The van der Waals surface area contributed by atoms with Crippen molar-refractivity contribution in [1.82, 2.24) is 0 Å². The van der Waals surface area contributed by atoms with Gasteiger partial charge >= 0.3 is 0 Å². The summed E-state index contributed by atoms with van der Waals surface area (Å²) in [5, 5.41) is 9.53. The first-order valence-electron chi connectivity index (χ1n) is 5.38. The molecule has 2 heteroatoms. The lowest BCUT2D eigenvalue weighted by Gasteiger charge is -2.06. The van der Waals surface area contributed by atoms with Gasteiger partial charge in [0.05, 0.1) is 11.6 Å². The predicted octanol–water partition coefficient (Wildman–Crippen LogP) is 4.50. The molecule has 0 aliphatic heterocycles. The molecule has 2 rings (SSSR count). The zero-order valence-corrected chi connectivity index (χ0v) is 10.5. The molecule has 0 aliphatic carbocycles. The molecule has 0 spiro atoms. The van der Waals surface area contributed by atoms with E-state index >= 15 is 0 Å². The number of rotatable bonds is 1. The summed E-state index contributed by atoms with van der Waals surface area (Å²) in [6, 6.07) is 13.9. The van der Waals surface area contributed by atoms with Gasteiger partial charge in [-0.2, -0.15) is 5.26 Å². The largest absolute Gasteiger partial charge is 0.192 e. The van der Waals surface area contributed by atoms with E-state index in [9.17, 15) is 0 Å². The smallest absolute Gasteiger partial charge is 0.0992 e. The molecular weight excluding hydrogens is 230 g/mol. The molecule has 0 N–H and O–H groups in total. The minimum absolute atomic E-state index is 0.589. The topological polar surface area (TPSA) is 23.8 Å². The maximum atomic E-state index is 8.93. The van der Waals surface area contributed by atoms with Crippen LogP contribution in [0.1, 0.15) is 16.7 Å². The third kappa shape index (κ3) is 2.67. The lowest BCUT2D eigenvalue weighted by Crippen LogP contribution is -1.84. The molecule has 0 amide bonds. The van der Waals surface area contributed by atoms with Crippen molar-refractivity contribution in [2.75, 3.05) is 0 Å². The molecule has 0 unspecified atom stereocenters. The van der Waals surface area contributed by atoms with E-state index in [0.717, 1.165) is 11.1 Å². The van der Waals surface area contributed by atoms with Crippen LogP contribution >= 0.6 is 11.6 Å². The van der Waals surface area contributed by atoms with E-state index in [4.69, 9.17) is 16.9 Å². The zero-order valence-electron chi connectivity index (χ0n) is 9.79. The fourth-order valence-electron chi connectivity index (χ4n) is 1.96. The Morgan fingerprint density at radius 1 is 0.882 bits per heavy atom. The Bertz CT molecular complexity index is 589. The van der Waals surface area contributed by atoms with Gasteiger partial charge in [-0.15, -0.1) is 0 Å². The summed E-state index contributed by atoms with van der Waals surface area (Å²) >= 11 is 6.01. The predicted molar refractivity (Wildman–Crippen MR) is 71.1 cm³/mol. The van der Waals surface area contributed by atoms with Gasteiger partial charge in [0.2, 0.25) is 0 Å². The first-order valence-corrected chi connectivity index (χ1v) is 5.75. The SMILES string of the molecule is Cc1cc(C)cc(-c2cc(Cl)cc(C#N)c2)c1. The molecule has 1 nitrogen and oxygen atoms in total. The van der Waals surface area contributed by atoms with E-state index < -0.39 is 0 Å². The summed E-state index contributed by atoms with van der Waals surface area (Å²) in [6.07, 6.45) is 0. The van der Waals surface area contributed by atoms with Gasteiger partial charge < -0.3 is 0 Å². The Kier molecular flexibility index (Phi) is 3.17. The summed E-state index contributed by atoms with van der Waals surface area (Å²) < 4.78 is 0. The minimum Gasteiger partial charge on any atom is -0.192 e. The molecular formula is C15H12ClN. The molecule has 0 aliphatic rings. The highest BCUT2D eigenvalue weighted by molar-refractivity contribution is 6.31. The van der Waals surface area contributed by atoms with Gasteiger partial charge in [-0.3, -0.25) is 0 Å². The van der Waals surface area contributed by atoms with Gasteiger partial charge in [-0.05, 0) is 43.2 Å². The highest BCUT2D eigenvalue weighted by Crippen LogP contribution is 2.26. The second-order valence-corrected chi connectivity index (χ2v) is 4.65. The van der Waals surface area contributed by atoms with Crippen molar-refractivity contribution in [3.8, 4) is 17.2 Å². The van der Waals surface area contributed by atoms with Gasteiger partial charge in [-0.1, -0.05) is 40.9 Å². The lowest BCUT2D eigenvalue weighted by molar-refractivity contribution is 1.38. The first kappa shape index (κ1) is 11.7. The highest BCUT2D eigenvalue weighted by atomic mass is 35.5. The number of hydrogen-bond donors (Lipinski definition) is 0. The first-order chi connectivity index (χ1) is 8.08. The number of aryl methyl sites for hydroxylation is 2. The van der Waals surface area contributed by atoms with E-state index in [1.165, 1.54) is 11.1 Å². The van der Waals surface area contributed by atoms with Crippen molar-refractivity contribution in [1.29, 1.82) is 5.26 Å². The third-order valence-corrected chi connectivity index (χ3v) is 2.80. The number of nitriles is 1. The number of hydrogen-bond acceptors (Lipinski definition) is 1. The molecule has 0 saturated heterocycles. The quantitative estimate of drug-likeness (QED) is 0.721. The maximum absolute atomic E-state index is 8.93. The van der Waals surface area contributed by atoms with Crippen LogP contribution in [0.15, 0.2) is 36.4 Å². The molecule has 0 radical (unpaired) electrons. The van der Waals surface area contributed by atoms with Crippen molar-refractivity contribution in [2.24, 2.45) is 0 Å². The number of benzene rings is 2. The van der Waals surface area contributed by atoms with Gasteiger partial charge in [0.1, 0.15) is 0 Å². The zero-order chi connectivity index (χ0) is 12.4. The van der Waals surface area contributed by atoms with E-state index in [0.29, 0.717) is 10.6 Å². The molecule has 17 heavy (non-hydrogen) atoms. The molecule has 0 bridgehead atoms. The Morgan fingerprint density at radius 3 is 2.06 bits per heavy atom. The van der Waals surface area contributed by atoms with Crippen LogP contribution in [-0.2, 0) is 0 Å². The van der Waals surface area contributed by atoms with Gasteiger partial charge in [0.25, 0.3) is 0 Å². The summed E-state index contributed by atoms with van der Waals surface area (Å²) in [5.41, 5.74) is 5.09. The van der Waals surface area contributed by atoms with Crippen molar-refractivity contribution < 1.29 is 0 Å². The maximum Gasteiger partial charge on any atom is 0.0992 e. The summed E-state index contributed by atoms with van der Waals surface area (Å²) in [5.74, 6) is 0. The molecule has 0 fully saturated rings. The molecule has 0 aromatic heterocycles. The van der Waals surface area contributed by atoms with E-state index in [1.54, 1.807) is 6.07 Å². The van der Waals surface area contributed by atoms with Crippen molar-refractivity contribution >= 4 is 11.6 Å². The van der Waals surface area contributed by atoms with Crippen molar-refractivity contribution in [2.45, 2.75) is 13.8 Å². The Labute approximate surface area is 106 Å². The van der Waals surface area contributed by atoms with Crippen molar-refractivity contribution in [3.63, 3.8) is 0 Å². The summed E-state index contributed by atoms with van der Waals surface area (Å²) in [6.45, 7) is 4.12. The highest BCUT2D eigenvalue weighted by Gasteiger charge is 2.03. The molecule has 0 saturated carbocycles. The number of nitrogens with zero attached hydrogens (tertiary/aromatic N) is 1. The second-order valence-electron chi connectivity index (χ2n) is 4.22. The van der Waals surface area contributed by atoms with Crippen LogP contribution in [-0.4, -0.2) is 0 Å². The fraction of sp³-hybridized carbons (Fsp3) is 0.133. The van der Waals surface area contributed by atoms with Crippen LogP contribution < -0.4 is 0 Å². The standard InChI is InChI=1S/C15H12ClN/c1-10-3-11(2)5-13(4-10)14-6-12(9-17)7-15(16)8-14/h3-8H,1-2H3. The van der Waals surface area contributed by atoms with Crippen LogP contribution in [0.5, 0.6) is 0 Å². The van der Waals surface area contributed by atoms with Crippen LogP contribution in [0.3, 0.4) is 0 Å². The minimum atomic E-state index is 0.589. The van der Waals surface area contributed by atoms with Gasteiger partial charge in [-0.25, -0.2) is 0 Å². The average Bonchev–Trinajstić information content (AvgIpc) is 2.26. The Hall–Kier alpha value is -1.78. The fourth-order valence-corrected chi connectivity index (χ4v) is 2.20. The van der Waals surface area contributed by atoms with E-state index in [1.807, 2.05) is 12.1 Å². The Balaban J connectivity index is 2.60. The van der Waals surface area contributed by atoms with Crippen LogP contribution in [0.25, 0.3) is 11.1 Å². The number of halogens is 1. The normalized spacial score (nSPS) is 10.0. The Morgan fingerprint density at radius 2 is 1.47 bits per heavy atom. The summed E-state index contributed by atoms with van der Waals surface area (Å²) in [7, 11) is 0. The second kappa shape index (κ2) is 4.61. The lowest BCUT2D eigenvalue weighted by atomic mass is 9.99. The summed E-state index contributed by atoms with van der Waals surface area (Å²) in [4.78, 5) is 0. The van der Waals surface area contributed by atoms with Gasteiger partial charge in [0, 0.05) is 5.02 Å². The molecule has 84 valence electrons. The van der Waals surface area contributed by atoms with Crippen LogP contribution in [0.4, 0.5) is 0 Å². The third-order valence-electron chi connectivity index (χ3n) is 2.58. The average molecular weight is 242 g/mol. The van der Waals surface area contributed by atoms with E-state index in [2.05, 4.69) is 38.1 Å². The van der Waals surface area contributed by atoms with Crippen LogP contribution in [0.2, 0.25) is 5.02 Å². The van der Waals surface area contributed by atoms with E-state index in [-0.39, 0.29) is 0 Å². The van der Waals surface area contributed by atoms with Crippen LogP contribution in [0, 0.1) is 25.2 Å². The van der Waals surface area contributed by atoms with Crippen molar-refractivity contribution in [3.05, 3.63) is 58.1 Å². The molecule has 0 atom stereocenters. The monoisotopic (exact) mass is 241 g/mol. The molecule has 0 heterocycles.